The van der Waals surface area contributed by atoms with Crippen LogP contribution in [-0.2, 0) is 22.4 Å². The zero-order valence-electron chi connectivity index (χ0n) is 15.9. The number of carbonyl (C=O) groups is 2. The molecule has 0 saturated carbocycles. The second-order valence-corrected chi connectivity index (χ2v) is 6.86. The van der Waals surface area contributed by atoms with Crippen LogP contribution in [0.1, 0.15) is 11.1 Å². The fourth-order valence-corrected chi connectivity index (χ4v) is 3.22. The van der Waals surface area contributed by atoms with Gasteiger partial charge in [-0.3, -0.25) is 9.59 Å². The maximum atomic E-state index is 12.6. The summed E-state index contributed by atoms with van der Waals surface area (Å²) in [5.41, 5.74) is 8.09. The van der Waals surface area contributed by atoms with Crippen LogP contribution in [-0.4, -0.2) is 30.9 Å². The zero-order valence-corrected chi connectivity index (χ0v) is 15.9. The van der Waals surface area contributed by atoms with Crippen LogP contribution in [0.15, 0.2) is 72.8 Å². The van der Waals surface area contributed by atoms with E-state index in [2.05, 4.69) is 10.6 Å². The van der Waals surface area contributed by atoms with E-state index >= 15 is 0 Å². The van der Waals surface area contributed by atoms with Crippen LogP contribution in [0.3, 0.4) is 0 Å². The molecule has 0 radical (unpaired) electrons. The Kier molecular flexibility index (Phi) is 6.40. The highest BCUT2D eigenvalue weighted by Crippen LogP contribution is 2.16. The first-order valence-corrected chi connectivity index (χ1v) is 9.36. The van der Waals surface area contributed by atoms with Crippen LogP contribution in [0.4, 0.5) is 0 Å². The lowest BCUT2D eigenvalue weighted by atomic mass is 10.0. The van der Waals surface area contributed by atoms with Gasteiger partial charge >= 0.3 is 0 Å². The van der Waals surface area contributed by atoms with Crippen molar-refractivity contribution in [1.29, 1.82) is 0 Å². The summed E-state index contributed by atoms with van der Waals surface area (Å²) >= 11 is 0. The quantitative estimate of drug-likeness (QED) is 0.592. The molecule has 2 atom stereocenters. The van der Waals surface area contributed by atoms with Crippen LogP contribution >= 0.6 is 0 Å². The lowest BCUT2D eigenvalue weighted by molar-refractivity contribution is -0.129. The van der Waals surface area contributed by atoms with Crippen molar-refractivity contribution < 1.29 is 9.59 Å². The predicted octanol–water partition coefficient (Wildman–Crippen LogP) is 2.18. The maximum Gasteiger partial charge on any atom is 0.242 e. The number of likely N-dealkylation sites (N-methyl/N-ethyl adjacent to an activating group) is 1. The van der Waals surface area contributed by atoms with E-state index in [-0.39, 0.29) is 11.8 Å². The van der Waals surface area contributed by atoms with Crippen molar-refractivity contribution in [3.8, 4) is 0 Å². The van der Waals surface area contributed by atoms with Crippen molar-refractivity contribution in [1.82, 2.24) is 10.6 Å². The molecule has 144 valence electrons. The Bertz CT molecular complexity index is 956. The fraction of sp³-hybridized carbons (Fsp3) is 0.217. The molecule has 3 aromatic rings. The largest absolute Gasteiger partial charge is 0.357 e. The Morgan fingerprint density at radius 3 is 2.21 bits per heavy atom. The molecule has 2 amide bonds. The molecule has 0 bridgehead atoms. The van der Waals surface area contributed by atoms with Gasteiger partial charge in [0.15, 0.2) is 0 Å². The summed E-state index contributed by atoms with van der Waals surface area (Å²) in [5, 5.41) is 7.66. The summed E-state index contributed by atoms with van der Waals surface area (Å²) in [4.78, 5) is 24.8. The van der Waals surface area contributed by atoms with Crippen LogP contribution in [0.2, 0.25) is 0 Å². The highest BCUT2D eigenvalue weighted by molar-refractivity contribution is 5.90. The van der Waals surface area contributed by atoms with E-state index in [0.29, 0.717) is 12.8 Å². The Balaban J connectivity index is 1.66. The molecule has 5 heteroatoms. The molecule has 3 aromatic carbocycles. The first-order valence-electron chi connectivity index (χ1n) is 9.36. The molecular weight excluding hydrogens is 350 g/mol. The molecule has 0 aliphatic carbocycles. The van der Waals surface area contributed by atoms with E-state index in [9.17, 15) is 9.59 Å². The van der Waals surface area contributed by atoms with Gasteiger partial charge in [-0.1, -0.05) is 72.8 Å². The number of carbonyl (C=O) groups excluding carboxylic acids is 2. The minimum Gasteiger partial charge on any atom is -0.357 e. The summed E-state index contributed by atoms with van der Waals surface area (Å²) in [5.74, 6) is -0.576. The van der Waals surface area contributed by atoms with Gasteiger partial charge in [-0.25, -0.2) is 0 Å². The van der Waals surface area contributed by atoms with E-state index in [1.807, 2.05) is 72.8 Å². The number of benzene rings is 3. The van der Waals surface area contributed by atoms with Gasteiger partial charge in [0.2, 0.25) is 11.8 Å². The van der Waals surface area contributed by atoms with Crippen molar-refractivity contribution in [2.24, 2.45) is 5.73 Å². The highest BCUT2D eigenvalue weighted by Gasteiger charge is 2.23. The number of fused-ring (bicyclic) bond motifs is 1. The van der Waals surface area contributed by atoms with Gasteiger partial charge in [-0.15, -0.1) is 0 Å². The monoisotopic (exact) mass is 375 g/mol. The van der Waals surface area contributed by atoms with E-state index in [4.69, 9.17) is 5.73 Å². The number of amides is 2. The molecular formula is C23H25N3O2. The number of rotatable bonds is 7. The van der Waals surface area contributed by atoms with Gasteiger partial charge in [0.05, 0.1) is 6.04 Å². The van der Waals surface area contributed by atoms with Gasteiger partial charge in [0.1, 0.15) is 6.04 Å². The standard InChI is InChI=1S/C23H25N3O2/c1-25-23(28)21(15-16-7-3-2-4-8-16)26-22(27)20(24)14-17-11-12-18-9-5-6-10-19(18)13-17/h2-13,20-21H,14-15,24H2,1H3,(H,25,28)(H,26,27)/t20?,21-/m1/s1. The molecule has 0 aliphatic rings. The lowest BCUT2D eigenvalue weighted by Gasteiger charge is -2.20. The Hall–Kier alpha value is -3.18. The molecule has 28 heavy (non-hydrogen) atoms. The summed E-state index contributed by atoms with van der Waals surface area (Å²) in [6.07, 6.45) is 0.817. The molecule has 0 saturated heterocycles. The Morgan fingerprint density at radius 1 is 0.821 bits per heavy atom. The lowest BCUT2D eigenvalue weighted by Crippen LogP contribution is -2.52. The van der Waals surface area contributed by atoms with E-state index < -0.39 is 12.1 Å². The molecule has 1 unspecified atom stereocenters. The summed E-state index contributed by atoms with van der Waals surface area (Å²) < 4.78 is 0. The molecule has 0 fully saturated rings. The molecule has 0 aliphatic heterocycles. The Morgan fingerprint density at radius 2 is 1.50 bits per heavy atom. The van der Waals surface area contributed by atoms with Gasteiger partial charge in [0, 0.05) is 13.5 Å². The third-order valence-electron chi connectivity index (χ3n) is 4.77. The topological polar surface area (TPSA) is 84.2 Å². The number of hydrogen-bond acceptors (Lipinski definition) is 3. The summed E-state index contributed by atoms with van der Waals surface area (Å²) in [6, 6.07) is 22.3. The first kappa shape index (κ1) is 19.6. The second-order valence-electron chi connectivity index (χ2n) is 6.86. The third-order valence-corrected chi connectivity index (χ3v) is 4.77. The molecule has 3 rings (SSSR count). The van der Waals surface area contributed by atoms with Gasteiger partial charge in [-0.05, 0) is 28.3 Å². The van der Waals surface area contributed by atoms with E-state index in [0.717, 1.165) is 21.9 Å². The predicted molar refractivity (Wildman–Crippen MR) is 112 cm³/mol. The van der Waals surface area contributed by atoms with Crippen molar-refractivity contribution in [3.05, 3.63) is 83.9 Å². The molecule has 5 nitrogen and oxygen atoms in total. The third kappa shape index (κ3) is 4.96. The fourth-order valence-electron chi connectivity index (χ4n) is 3.22. The average Bonchev–Trinajstić information content (AvgIpc) is 2.73. The van der Waals surface area contributed by atoms with Gasteiger partial charge in [-0.2, -0.15) is 0 Å². The van der Waals surface area contributed by atoms with Gasteiger partial charge in [0.25, 0.3) is 0 Å². The number of hydrogen-bond donors (Lipinski definition) is 3. The first-order chi connectivity index (χ1) is 13.6. The second kappa shape index (κ2) is 9.15. The van der Waals surface area contributed by atoms with E-state index in [1.165, 1.54) is 0 Å². The number of nitrogens with one attached hydrogen (secondary N) is 2. The zero-order chi connectivity index (χ0) is 19.9. The smallest absolute Gasteiger partial charge is 0.242 e. The minimum absolute atomic E-state index is 0.241. The Labute approximate surface area is 164 Å². The SMILES string of the molecule is CNC(=O)[C@@H](Cc1ccccc1)NC(=O)C(N)Cc1ccc2ccccc2c1. The van der Waals surface area contributed by atoms with Crippen LogP contribution in [0, 0.1) is 0 Å². The average molecular weight is 375 g/mol. The normalized spacial score (nSPS) is 12.9. The van der Waals surface area contributed by atoms with Crippen LogP contribution < -0.4 is 16.4 Å². The van der Waals surface area contributed by atoms with E-state index in [1.54, 1.807) is 7.05 Å². The molecule has 0 spiro atoms. The summed E-state index contributed by atoms with van der Waals surface area (Å²) in [6.45, 7) is 0. The highest BCUT2D eigenvalue weighted by atomic mass is 16.2. The van der Waals surface area contributed by atoms with Gasteiger partial charge < -0.3 is 16.4 Å². The maximum absolute atomic E-state index is 12.6. The van der Waals surface area contributed by atoms with Crippen molar-refractivity contribution in [3.63, 3.8) is 0 Å². The van der Waals surface area contributed by atoms with Crippen LogP contribution in [0.25, 0.3) is 10.8 Å². The summed E-state index contributed by atoms with van der Waals surface area (Å²) in [7, 11) is 1.56. The molecule has 0 heterocycles. The van der Waals surface area contributed by atoms with Crippen molar-refractivity contribution >= 4 is 22.6 Å². The molecule has 0 aromatic heterocycles. The van der Waals surface area contributed by atoms with Crippen molar-refractivity contribution in [2.75, 3.05) is 7.05 Å². The van der Waals surface area contributed by atoms with Crippen molar-refractivity contribution in [2.45, 2.75) is 24.9 Å². The number of nitrogens with two attached hydrogens (primary N) is 1. The van der Waals surface area contributed by atoms with Crippen LogP contribution in [0.5, 0.6) is 0 Å². The minimum atomic E-state index is -0.732. The molecule has 4 N–H and O–H groups in total.